The summed E-state index contributed by atoms with van der Waals surface area (Å²) in [4.78, 5) is 17.4. The minimum Gasteiger partial charge on any atom is -0.365 e. The van der Waals surface area contributed by atoms with Crippen LogP contribution >= 0.6 is 11.3 Å². The van der Waals surface area contributed by atoms with Gasteiger partial charge in [0.15, 0.2) is 5.76 Å². The summed E-state index contributed by atoms with van der Waals surface area (Å²) < 4.78 is 10.8. The Kier molecular flexibility index (Phi) is 5.43. The normalized spacial score (nSPS) is 16.0. The maximum Gasteiger partial charge on any atom is 0.248 e. The number of piperazine rings is 1. The van der Waals surface area contributed by atoms with Crippen molar-refractivity contribution in [1.82, 2.24) is 15.0 Å². The lowest BCUT2D eigenvalue weighted by molar-refractivity contribution is -0.138. The van der Waals surface area contributed by atoms with E-state index in [-0.39, 0.29) is 19.1 Å². The molecule has 0 radical (unpaired) electrons. The van der Waals surface area contributed by atoms with Crippen molar-refractivity contribution in [3.05, 3.63) is 29.3 Å². The first kappa shape index (κ1) is 16.2. The monoisotopic (exact) mass is 335 g/mol. The van der Waals surface area contributed by atoms with Gasteiger partial charge in [0.05, 0.1) is 11.5 Å². The zero-order valence-electron chi connectivity index (χ0n) is 13.2. The first-order chi connectivity index (χ1) is 11.3. The third kappa shape index (κ3) is 4.19. The highest BCUT2D eigenvalue weighted by molar-refractivity contribution is 7.13. The molecule has 6 nitrogen and oxygen atoms in total. The number of thiophene rings is 1. The van der Waals surface area contributed by atoms with E-state index < -0.39 is 0 Å². The van der Waals surface area contributed by atoms with E-state index in [0.717, 1.165) is 43.4 Å². The van der Waals surface area contributed by atoms with Crippen LogP contribution in [0.1, 0.15) is 12.6 Å². The molecule has 0 aliphatic carbocycles. The molecule has 0 N–H and O–H groups in total. The summed E-state index contributed by atoms with van der Waals surface area (Å²) in [5.41, 5.74) is 0.706. The number of amides is 1. The molecule has 0 unspecified atom stereocenters. The van der Waals surface area contributed by atoms with Crippen molar-refractivity contribution in [3.63, 3.8) is 0 Å². The molecule has 0 atom stereocenters. The quantitative estimate of drug-likeness (QED) is 0.809. The second kappa shape index (κ2) is 7.72. The van der Waals surface area contributed by atoms with Gasteiger partial charge in [-0.2, -0.15) is 0 Å². The molecule has 1 aliphatic heterocycles. The minimum absolute atomic E-state index is 0.0442. The van der Waals surface area contributed by atoms with E-state index in [1.165, 1.54) is 0 Å². The molecule has 1 saturated heterocycles. The lowest BCUT2D eigenvalue weighted by Gasteiger charge is -2.33. The van der Waals surface area contributed by atoms with Gasteiger partial charge < -0.3 is 19.1 Å². The van der Waals surface area contributed by atoms with Crippen molar-refractivity contribution in [1.29, 1.82) is 0 Å². The average Bonchev–Trinajstić information content (AvgIpc) is 3.26. The fraction of sp³-hybridized carbons (Fsp3) is 0.500. The van der Waals surface area contributed by atoms with E-state index in [4.69, 9.17) is 9.26 Å². The van der Waals surface area contributed by atoms with Crippen LogP contribution in [0.25, 0.3) is 10.6 Å². The number of carbonyl (C=O) groups excluding carboxylic acids is 1. The van der Waals surface area contributed by atoms with Gasteiger partial charge in [-0.25, -0.2) is 0 Å². The first-order valence-corrected chi connectivity index (χ1v) is 8.71. The largest absolute Gasteiger partial charge is 0.365 e. The van der Waals surface area contributed by atoms with Crippen LogP contribution < -0.4 is 0 Å². The topological polar surface area (TPSA) is 58.8 Å². The van der Waals surface area contributed by atoms with Gasteiger partial charge in [0, 0.05) is 32.2 Å². The molecule has 0 bridgehead atoms. The number of ether oxygens (including phenoxy) is 1. The molecule has 7 heteroatoms. The van der Waals surface area contributed by atoms with Crippen molar-refractivity contribution in [2.75, 3.05) is 39.3 Å². The molecule has 0 spiro atoms. The molecule has 124 valence electrons. The van der Waals surface area contributed by atoms with E-state index in [0.29, 0.717) is 5.69 Å². The Morgan fingerprint density at radius 3 is 2.91 bits per heavy atom. The fourth-order valence-corrected chi connectivity index (χ4v) is 3.24. The lowest BCUT2D eigenvalue weighted by atomic mass is 10.3. The van der Waals surface area contributed by atoms with Gasteiger partial charge >= 0.3 is 0 Å². The molecule has 3 rings (SSSR count). The molecule has 1 amide bonds. The van der Waals surface area contributed by atoms with Gasteiger partial charge in [-0.05, 0) is 18.0 Å². The standard InChI is InChI=1S/C16H21N3O3S/c1-2-18-5-7-19(8-6-18)16(20)12-21-11-13-10-14(22-17-13)15-4-3-9-23-15/h3-4,9-10H,2,5-8,11-12H2,1H3. The molecular weight excluding hydrogens is 314 g/mol. The summed E-state index contributed by atoms with van der Waals surface area (Å²) in [6.07, 6.45) is 0. The van der Waals surface area contributed by atoms with Crippen molar-refractivity contribution < 1.29 is 14.1 Å². The van der Waals surface area contributed by atoms with E-state index in [1.807, 2.05) is 28.5 Å². The van der Waals surface area contributed by atoms with Crippen molar-refractivity contribution in [2.45, 2.75) is 13.5 Å². The summed E-state index contributed by atoms with van der Waals surface area (Å²) in [7, 11) is 0. The van der Waals surface area contributed by atoms with Crippen LogP contribution in [-0.4, -0.2) is 60.2 Å². The van der Waals surface area contributed by atoms with Gasteiger partial charge in [0.2, 0.25) is 5.91 Å². The molecule has 1 fully saturated rings. The van der Waals surface area contributed by atoms with Crippen LogP contribution in [0.5, 0.6) is 0 Å². The zero-order chi connectivity index (χ0) is 16.1. The van der Waals surface area contributed by atoms with Gasteiger partial charge in [0.25, 0.3) is 0 Å². The molecule has 0 aromatic carbocycles. The van der Waals surface area contributed by atoms with Crippen molar-refractivity contribution in [3.8, 4) is 10.6 Å². The molecule has 2 aromatic rings. The van der Waals surface area contributed by atoms with E-state index in [1.54, 1.807) is 11.3 Å². The number of likely N-dealkylation sites (N-methyl/N-ethyl adjacent to an activating group) is 1. The minimum atomic E-state index is 0.0442. The first-order valence-electron chi connectivity index (χ1n) is 7.83. The molecule has 1 aliphatic rings. The smallest absolute Gasteiger partial charge is 0.248 e. The Morgan fingerprint density at radius 2 is 2.22 bits per heavy atom. The highest BCUT2D eigenvalue weighted by Gasteiger charge is 2.20. The molecular formula is C16H21N3O3S. The number of hydrogen-bond donors (Lipinski definition) is 0. The third-order valence-corrected chi connectivity index (χ3v) is 4.86. The highest BCUT2D eigenvalue weighted by Crippen LogP contribution is 2.25. The Balaban J connectivity index is 1.42. The third-order valence-electron chi connectivity index (χ3n) is 3.97. The second-order valence-corrected chi connectivity index (χ2v) is 6.42. The van der Waals surface area contributed by atoms with Crippen LogP contribution in [0, 0.1) is 0 Å². The SMILES string of the molecule is CCN1CCN(C(=O)COCc2cc(-c3cccs3)on2)CC1. The van der Waals surface area contributed by atoms with E-state index >= 15 is 0 Å². The van der Waals surface area contributed by atoms with E-state index in [9.17, 15) is 4.79 Å². The Hall–Kier alpha value is -1.70. The van der Waals surface area contributed by atoms with Crippen LogP contribution in [-0.2, 0) is 16.1 Å². The summed E-state index contributed by atoms with van der Waals surface area (Å²) >= 11 is 1.60. The highest BCUT2D eigenvalue weighted by atomic mass is 32.1. The summed E-state index contributed by atoms with van der Waals surface area (Å²) in [6.45, 7) is 7.00. The Bertz CT molecular complexity index is 618. The van der Waals surface area contributed by atoms with Crippen LogP contribution in [0.15, 0.2) is 28.1 Å². The zero-order valence-corrected chi connectivity index (χ0v) is 14.1. The molecule has 0 saturated carbocycles. The summed E-state index contributed by atoms with van der Waals surface area (Å²) in [5.74, 6) is 0.781. The van der Waals surface area contributed by atoms with Gasteiger partial charge in [0.1, 0.15) is 12.3 Å². The van der Waals surface area contributed by atoms with Crippen LogP contribution in [0.2, 0.25) is 0 Å². The number of aromatic nitrogens is 1. The molecule has 3 heterocycles. The van der Waals surface area contributed by atoms with Crippen LogP contribution in [0.3, 0.4) is 0 Å². The van der Waals surface area contributed by atoms with Gasteiger partial charge in [-0.3, -0.25) is 4.79 Å². The number of nitrogens with zero attached hydrogens (tertiary/aromatic N) is 3. The summed E-state index contributed by atoms with van der Waals surface area (Å²) in [6, 6.07) is 5.81. The van der Waals surface area contributed by atoms with Crippen molar-refractivity contribution >= 4 is 17.2 Å². The van der Waals surface area contributed by atoms with E-state index in [2.05, 4.69) is 17.0 Å². The predicted molar refractivity (Wildman–Crippen MR) is 88.2 cm³/mol. The summed E-state index contributed by atoms with van der Waals surface area (Å²) in [5, 5.41) is 5.97. The maximum atomic E-state index is 12.1. The number of rotatable bonds is 6. The molecule has 2 aromatic heterocycles. The van der Waals surface area contributed by atoms with Gasteiger partial charge in [-0.1, -0.05) is 18.1 Å². The van der Waals surface area contributed by atoms with Crippen LogP contribution in [0.4, 0.5) is 0 Å². The number of carbonyl (C=O) groups is 1. The number of hydrogen-bond acceptors (Lipinski definition) is 6. The Morgan fingerprint density at radius 1 is 1.39 bits per heavy atom. The predicted octanol–water partition coefficient (Wildman–Crippen LogP) is 2.08. The maximum absolute atomic E-state index is 12.1. The Labute approximate surface area is 139 Å². The second-order valence-electron chi connectivity index (χ2n) is 5.47. The van der Waals surface area contributed by atoms with Gasteiger partial charge in [-0.15, -0.1) is 11.3 Å². The van der Waals surface area contributed by atoms with Crippen molar-refractivity contribution in [2.24, 2.45) is 0 Å². The lowest BCUT2D eigenvalue weighted by Crippen LogP contribution is -2.49. The average molecular weight is 335 g/mol. The fourth-order valence-electron chi connectivity index (χ4n) is 2.56. The molecule has 23 heavy (non-hydrogen) atoms.